The van der Waals surface area contributed by atoms with Crippen LogP contribution in [-0.4, -0.2) is 28.2 Å². The Morgan fingerprint density at radius 1 is 1.14 bits per heavy atom. The average molecular weight is 388 g/mol. The molecule has 0 bridgehead atoms. The first kappa shape index (κ1) is 18.0. The second-order valence-electron chi connectivity index (χ2n) is 8.16. The van der Waals surface area contributed by atoms with Gasteiger partial charge in [-0.3, -0.25) is 4.90 Å². The highest BCUT2D eigenvalue weighted by atomic mass is 19.1. The predicted molar refractivity (Wildman–Crippen MR) is 105 cm³/mol. The molecule has 1 spiro atoms. The second-order valence-corrected chi connectivity index (χ2v) is 8.16. The van der Waals surface area contributed by atoms with Crippen LogP contribution in [-0.2, 0) is 6.54 Å². The van der Waals surface area contributed by atoms with E-state index in [1.807, 2.05) is 24.3 Å². The van der Waals surface area contributed by atoms with E-state index in [0.29, 0.717) is 28.8 Å². The van der Waals surface area contributed by atoms with Crippen molar-refractivity contribution in [3.8, 4) is 17.5 Å². The van der Waals surface area contributed by atoms with Crippen LogP contribution in [0, 0.1) is 22.6 Å². The van der Waals surface area contributed by atoms with Gasteiger partial charge in [0.25, 0.3) is 0 Å². The van der Waals surface area contributed by atoms with Crippen LogP contribution >= 0.6 is 0 Å². The Kier molecular flexibility index (Phi) is 4.40. The summed E-state index contributed by atoms with van der Waals surface area (Å²) in [6.07, 6.45) is 3.32. The molecule has 0 radical (unpaired) electrons. The molecule has 0 N–H and O–H groups in total. The van der Waals surface area contributed by atoms with Crippen molar-refractivity contribution in [2.24, 2.45) is 5.41 Å². The second kappa shape index (κ2) is 7.09. The number of likely N-dealkylation sites (tertiary alicyclic amines) is 1. The highest BCUT2D eigenvalue weighted by Gasteiger charge is 2.58. The number of rotatable bonds is 4. The van der Waals surface area contributed by atoms with Crippen molar-refractivity contribution in [2.45, 2.75) is 31.7 Å². The zero-order valence-electron chi connectivity index (χ0n) is 16.0. The lowest BCUT2D eigenvalue weighted by Gasteiger charge is -2.32. The lowest BCUT2D eigenvalue weighted by Crippen LogP contribution is -2.34. The Bertz CT molecular complexity index is 1060. The minimum Gasteiger partial charge on any atom is -0.420 e. The number of nitriles is 1. The van der Waals surface area contributed by atoms with E-state index in [1.54, 1.807) is 12.1 Å². The number of benzene rings is 2. The van der Waals surface area contributed by atoms with Crippen molar-refractivity contribution in [3.63, 3.8) is 0 Å². The molecule has 5 rings (SSSR count). The van der Waals surface area contributed by atoms with Crippen molar-refractivity contribution in [2.75, 3.05) is 13.1 Å². The van der Waals surface area contributed by atoms with Crippen LogP contribution in [0.1, 0.15) is 42.2 Å². The summed E-state index contributed by atoms with van der Waals surface area (Å²) in [6.45, 7) is 3.00. The normalized spacial score (nSPS) is 20.5. The quantitative estimate of drug-likeness (QED) is 0.658. The molecule has 2 aromatic carbocycles. The summed E-state index contributed by atoms with van der Waals surface area (Å²) in [5.74, 6) is 1.08. The van der Waals surface area contributed by atoms with Crippen LogP contribution in [0.25, 0.3) is 11.5 Å². The van der Waals surface area contributed by atoms with Crippen molar-refractivity contribution < 1.29 is 8.81 Å². The average Bonchev–Trinajstić information content (AvgIpc) is 3.21. The van der Waals surface area contributed by atoms with E-state index >= 15 is 0 Å². The Morgan fingerprint density at radius 3 is 2.66 bits per heavy atom. The maximum Gasteiger partial charge on any atom is 0.247 e. The Labute approximate surface area is 168 Å². The number of hydrogen-bond donors (Lipinski definition) is 0. The van der Waals surface area contributed by atoms with Gasteiger partial charge in [-0.2, -0.15) is 5.26 Å². The van der Waals surface area contributed by atoms with Crippen molar-refractivity contribution in [1.82, 2.24) is 15.1 Å². The topological polar surface area (TPSA) is 66.0 Å². The molecule has 3 aromatic rings. The molecule has 2 heterocycles. The van der Waals surface area contributed by atoms with Gasteiger partial charge in [0, 0.05) is 18.0 Å². The SMILES string of the molecule is N#Cc1ccc(CN2CCC3(CC2)CC3c2nnc(-c3cccc(F)c3)o2)cc1. The highest BCUT2D eigenvalue weighted by Crippen LogP contribution is 2.64. The molecular formula is C23H21FN4O. The number of halogens is 1. The first-order chi connectivity index (χ1) is 14.1. The minimum atomic E-state index is -0.306. The molecule has 6 heteroatoms. The Morgan fingerprint density at radius 2 is 1.93 bits per heavy atom. The summed E-state index contributed by atoms with van der Waals surface area (Å²) in [6, 6.07) is 16.2. The fourth-order valence-electron chi connectivity index (χ4n) is 4.46. The molecule has 1 saturated carbocycles. The van der Waals surface area contributed by atoms with Crippen LogP contribution in [0.3, 0.4) is 0 Å². The van der Waals surface area contributed by atoms with Gasteiger partial charge in [0.1, 0.15) is 5.82 Å². The monoisotopic (exact) mass is 388 g/mol. The van der Waals surface area contributed by atoms with Crippen LogP contribution in [0.5, 0.6) is 0 Å². The van der Waals surface area contributed by atoms with Gasteiger partial charge in [0.05, 0.1) is 11.6 Å². The lowest BCUT2D eigenvalue weighted by molar-refractivity contribution is 0.160. The molecule has 1 aliphatic carbocycles. The van der Waals surface area contributed by atoms with E-state index in [1.165, 1.54) is 17.7 Å². The molecule has 0 amide bonds. The molecular weight excluding hydrogens is 367 g/mol. The molecule has 2 aliphatic rings. The minimum absolute atomic E-state index is 0.271. The summed E-state index contributed by atoms with van der Waals surface area (Å²) in [7, 11) is 0. The zero-order valence-corrected chi connectivity index (χ0v) is 16.0. The van der Waals surface area contributed by atoms with E-state index in [2.05, 4.69) is 21.2 Å². The first-order valence-electron chi connectivity index (χ1n) is 9.96. The summed E-state index contributed by atoms with van der Waals surface area (Å²) in [5.41, 5.74) is 2.83. The standard InChI is InChI=1S/C23H21FN4O/c24-19-3-1-2-18(12-19)21-26-27-22(29-21)20-13-23(20)8-10-28(11-9-23)15-17-6-4-16(14-25)5-7-17/h1-7,12,20H,8-11,13,15H2. The molecule has 146 valence electrons. The third kappa shape index (κ3) is 3.54. The summed E-state index contributed by atoms with van der Waals surface area (Å²) < 4.78 is 19.3. The highest BCUT2D eigenvalue weighted by molar-refractivity contribution is 5.52. The first-order valence-corrected chi connectivity index (χ1v) is 9.96. The largest absolute Gasteiger partial charge is 0.420 e. The summed E-state index contributed by atoms with van der Waals surface area (Å²) in [4.78, 5) is 2.47. The van der Waals surface area contributed by atoms with E-state index in [9.17, 15) is 4.39 Å². The number of nitrogens with zero attached hydrogens (tertiary/aromatic N) is 4. The fraction of sp³-hybridized carbons (Fsp3) is 0.348. The van der Waals surface area contributed by atoms with Gasteiger partial charge in [-0.05, 0) is 73.7 Å². The molecule has 5 nitrogen and oxygen atoms in total. The maximum absolute atomic E-state index is 13.4. The van der Waals surface area contributed by atoms with Gasteiger partial charge in [-0.25, -0.2) is 4.39 Å². The van der Waals surface area contributed by atoms with E-state index in [4.69, 9.17) is 9.68 Å². The number of piperidine rings is 1. The molecule has 2 fully saturated rings. The van der Waals surface area contributed by atoms with Gasteiger partial charge in [-0.15, -0.1) is 10.2 Å². The molecule has 1 unspecified atom stereocenters. The maximum atomic E-state index is 13.4. The van der Waals surface area contributed by atoms with Gasteiger partial charge in [0.2, 0.25) is 11.8 Å². The van der Waals surface area contributed by atoms with Crippen LogP contribution in [0.2, 0.25) is 0 Å². The fourth-order valence-corrected chi connectivity index (χ4v) is 4.46. The molecule has 1 aliphatic heterocycles. The van der Waals surface area contributed by atoms with Crippen LogP contribution < -0.4 is 0 Å². The summed E-state index contributed by atoms with van der Waals surface area (Å²) in [5, 5.41) is 17.3. The van der Waals surface area contributed by atoms with Crippen molar-refractivity contribution in [1.29, 1.82) is 5.26 Å². The number of hydrogen-bond acceptors (Lipinski definition) is 5. The zero-order chi connectivity index (χ0) is 19.8. The van der Waals surface area contributed by atoms with Crippen molar-refractivity contribution in [3.05, 3.63) is 71.4 Å². The smallest absolute Gasteiger partial charge is 0.247 e. The van der Waals surface area contributed by atoms with Gasteiger partial charge in [-0.1, -0.05) is 18.2 Å². The van der Waals surface area contributed by atoms with Gasteiger partial charge >= 0.3 is 0 Å². The Balaban J connectivity index is 1.20. The third-order valence-corrected chi connectivity index (χ3v) is 6.34. The molecule has 1 atom stereocenters. The molecule has 1 saturated heterocycles. The molecule has 29 heavy (non-hydrogen) atoms. The summed E-state index contributed by atoms with van der Waals surface area (Å²) >= 11 is 0. The van der Waals surface area contributed by atoms with Crippen LogP contribution in [0.4, 0.5) is 4.39 Å². The van der Waals surface area contributed by atoms with E-state index in [-0.39, 0.29) is 11.2 Å². The van der Waals surface area contributed by atoms with Gasteiger partial charge < -0.3 is 4.42 Å². The third-order valence-electron chi connectivity index (χ3n) is 6.34. The Hall–Kier alpha value is -3.04. The predicted octanol–water partition coefficient (Wildman–Crippen LogP) is 4.52. The van der Waals surface area contributed by atoms with E-state index in [0.717, 1.165) is 38.9 Å². The van der Waals surface area contributed by atoms with Crippen molar-refractivity contribution >= 4 is 0 Å². The number of aromatic nitrogens is 2. The van der Waals surface area contributed by atoms with E-state index < -0.39 is 0 Å². The van der Waals surface area contributed by atoms with Crippen LogP contribution in [0.15, 0.2) is 52.9 Å². The van der Waals surface area contributed by atoms with Gasteiger partial charge in [0.15, 0.2) is 0 Å². The molecule has 1 aromatic heterocycles. The lowest BCUT2D eigenvalue weighted by atomic mass is 9.90.